The summed E-state index contributed by atoms with van der Waals surface area (Å²) in [6, 6.07) is 12.7. The first-order valence-corrected chi connectivity index (χ1v) is 6.77. The fourth-order valence-corrected chi connectivity index (χ4v) is 2.42. The molecule has 0 saturated carbocycles. The van der Waals surface area contributed by atoms with Gasteiger partial charge in [-0.2, -0.15) is 0 Å². The Kier molecular flexibility index (Phi) is 4.30. The average molecular weight is 289 g/mol. The second-order valence-electron chi connectivity index (χ2n) is 4.82. The van der Waals surface area contributed by atoms with Crippen molar-refractivity contribution in [3.63, 3.8) is 0 Å². The summed E-state index contributed by atoms with van der Waals surface area (Å²) in [4.78, 5) is 12.2. The molecule has 20 heavy (non-hydrogen) atoms. The summed E-state index contributed by atoms with van der Waals surface area (Å²) in [5.41, 5.74) is 8.88. The molecule has 0 aliphatic heterocycles. The number of carbonyl (C=O) groups excluding carboxylic acids is 1. The lowest BCUT2D eigenvalue weighted by Gasteiger charge is -2.16. The zero-order valence-corrected chi connectivity index (χ0v) is 12.2. The molecule has 0 aliphatic carbocycles. The first kappa shape index (κ1) is 14.4. The maximum atomic E-state index is 12.2. The number of nitrogens with one attached hydrogen (secondary N) is 1. The van der Waals surface area contributed by atoms with E-state index in [-0.39, 0.29) is 11.9 Å². The van der Waals surface area contributed by atoms with E-state index >= 15 is 0 Å². The number of anilines is 1. The van der Waals surface area contributed by atoms with E-state index in [2.05, 4.69) is 5.32 Å². The van der Waals surface area contributed by atoms with Crippen molar-refractivity contribution in [2.24, 2.45) is 0 Å². The Balaban J connectivity index is 2.17. The number of nitrogen functional groups attached to an aromatic ring is 1. The van der Waals surface area contributed by atoms with Crippen LogP contribution >= 0.6 is 11.6 Å². The predicted octanol–water partition coefficient (Wildman–Crippen LogP) is 3.72. The van der Waals surface area contributed by atoms with Crippen LogP contribution in [0.25, 0.3) is 0 Å². The van der Waals surface area contributed by atoms with E-state index in [0.29, 0.717) is 16.3 Å². The van der Waals surface area contributed by atoms with Crippen molar-refractivity contribution >= 4 is 23.2 Å². The first-order chi connectivity index (χ1) is 9.47. The van der Waals surface area contributed by atoms with Crippen LogP contribution in [-0.4, -0.2) is 5.91 Å². The molecule has 1 amide bonds. The van der Waals surface area contributed by atoms with Crippen LogP contribution in [0.15, 0.2) is 42.5 Å². The predicted molar refractivity (Wildman–Crippen MR) is 82.9 cm³/mol. The van der Waals surface area contributed by atoms with E-state index in [1.54, 1.807) is 18.2 Å². The van der Waals surface area contributed by atoms with Crippen LogP contribution in [0, 0.1) is 6.92 Å². The van der Waals surface area contributed by atoms with Gasteiger partial charge in [0.15, 0.2) is 0 Å². The van der Waals surface area contributed by atoms with Crippen molar-refractivity contribution in [1.82, 2.24) is 5.32 Å². The van der Waals surface area contributed by atoms with Crippen LogP contribution < -0.4 is 11.1 Å². The Labute approximate surface area is 123 Å². The van der Waals surface area contributed by atoms with Crippen molar-refractivity contribution < 1.29 is 4.79 Å². The van der Waals surface area contributed by atoms with Gasteiger partial charge in [0.2, 0.25) is 0 Å². The maximum absolute atomic E-state index is 12.2. The van der Waals surface area contributed by atoms with Crippen LogP contribution in [0.2, 0.25) is 5.02 Å². The minimum Gasteiger partial charge on any atom is -0.399 e. The molecule has 3 nitrogen and oxygen atoms in total. The fraction of sp³-hybridized carbons (Fsp3) is 0.188. The van der Waals surface area contributed by atoms with E-state index in [9.17, 15) is 4.79 Å². The summed E-state index contributed by atoms with van der Waals surface area (Å²) in [6.45, 7) is 3.98. The number of hydrogen-bond acceptors (Lipinski definition) is 2. The molecule has 0 saturated heterocycles. The van der Waals surface area contributed by atoms with E-state index in [1.807, 2.05) is 38.1 Å². The van der Waals surface area contributed by atoms with Crippen LogP contribution in [0.5, 0.6) is 0 Å². The zero-order chi connectivity index (χ0) is 14.7. The Hall–Kier alpha value is -2.00. The number of rotatable bonds is 3. The molecule has 0 aliphatic rings. The number of benzene rings is 2. The third kappa shape index (κ3) is 3.31. The Morgan fingerprint density at radius 3 is 2.60 bits per heavy atom. The maximum Gasteiger partial charge on any atom is 0.251 e. The van der Waals surface area contributed by atoms with Gasteiger partial charge in [0, 0.05) is 16.3 Å². The molecule has 2 aromatic carbocycles. The van der Waals surface area contributed by atoms with Gasteiger partial charge in [-0.1, -0.05) is 35.9 Å². The number of aryl methyl sites for hydroxylation is 1. The van der Waals surface area contributed by atoms with Crippen molar-refractivity contribution in [3.05, 3.63) is 64.2 Å². The van der Waals surface area contributed by atoms with Crippen LogP contribution in [-0.2, 0) is 0 Å². The highest BCUT2D eigenvalue weighted by Crippen LogP contribution is 2.20. The number of nitrogens with two attached hydrogens (primary N) is 1. The fourth-order valence-electron chi connectivity index (χ4n) is 2.17. The SMILES string of the molecule is Cc1ccccc1C(C)NC(=O)c1cc(N)cc(Cl)c1. The second-order valence-corrected chi connectivity index (χ2v) is 5.26. The van der Waals surface area contributed by atoms with Crippen molar-refractivity contribution in [2.45, 2.75) is 19.9 Å². The zero-order valence-electron chi connectivity index (χ0n) is 11.5. The summed E-state index contributed by atoms with van der Waals surface area (Å²) in [5, 5.41) is 3.41. The van der Waals surface area contributed by atoms with Gasteiger partial charge in [0.25, 0.3) is 5.91 Å². The molecule has 0 spiro atoms. The summed E-state index contributed by atoms with van der Waals surface area (Å²) in [5.74, 6) is -0.185. The monoisotopic (exact) mass is 288 g/mol. The van der Waals surface area contributed by atoms with Crippen LogP contribution in [0.1, 0.15) is 34.5 Å². The molecular weight excluding hydrogens is 272 g/mol. The first-order valence-electron chi connectivity index (χ1n) is 6.40. The van der Waals surface area contributed by atoms with Crippen molar-refractivity contribution in [2.75, 3.05) is 5.73 Å². The smallest absolute Gasteiger partial charge is 0.251 e. The number of amides is 1. The standard InChI is InChI=1S/C16H17ClN2O/c1-10-5-3-4-6-15(10)11(2)19-16(20)12-7-13(17)9-14(18)8-12/h3-9,11H,18H2,1-2H3,(H,19,20). The lowest BCUT2D eigenvalue weighted by atomic mass is 10.0. The summed E-state index contributed by atoms with van der Waals surface area (Å²) in [7, 11) is 0. The largest absolute Gasteiger partial charge is 0.399 e. The van der Waals surface area contributed by atoms with E-state index in [0.717, 1.165) is 11.1 Å². The number of hydrogen-bond donors (Lipinski definition) is 2. The highest BCUT2D eigenvalue weighted by molar-refractivity contribution is 6.31. The van der Waals surface area contributed by atoms with Gasteiger partial charge in [0.1, 0.15) is 0 Å². The summed E-state index contributed by atoms with van der Waals surface area (Å²) >= 11 is 5.91. The molecule has 0 heterocycles. The molecular formula is C16H17ClN2O. The molecule has 2 rings (SSSR count). The quantitative estimate of drug-likeness (QED) is 0.846. The molecule has 3 N–H and O–H groups in total. The molecule has 104 valence electrons. The molecule has 0 aromatic heterocycles. The minimum atomic E-state index is -0.185. The molecule has 1 unspecified atom stereocenters. The summed E-state index contributed by atoms with van der Waals surface area (Å²) < 4.78 is 0. The molecule has 4 heteroatoms. The Morgan fingerprint density at radius 1 is 1.25 bits per heavy atom. The Morgan fingerprint density at radius 2 is 1.95 bits per heavy atom. The van der Waals surface area contributed by atoms with Gasteiger partial charge in [0.05, 0.1) is 6.04 Å². The molecule has 2 aromatic rings. The molecule has 0 bridgehead atoms. The minimum absolute atomic E-state index is 0.0797. The lowest BCUT2D eigenvalue weighted by molar-refractivity contribution is 0.0940. The van der Waals surface area contributed by atoms with E-state index in [4.69, 9.17) is 17.3 Å². The highest BCUT2D eigenvalue weighted by atomic mass is 35.5. The van der Waals surface area contributed by atoms with E-state index < -0.39 is 0 Å². The average Bonchev–Trinajstić information content (AvgIpc) is 2.37. The second kappa shape index (κ2) is 5.97. The lowest BCUT2D eigenvalue weighted by Crippen LogP contribution is -2.27. The topological polar surface area (TPSA) is 55.1 Å². The normalized spacial score (nSPS) is 11.9. The Bertz CT molecular complexity index is 620. The van der Waals surface area contributed by atoms with Gasteiger partial charge < -0.3 is 11.1 Å². The van der Waals surface area contributed by atoms with Gasteiger partial charge in [-0.3, -0.25) is 4.79 Å². The van der Waals surface area contributed by atoms with Crippen molar-refractivity contribution in [1.29, 1.82) is 0 Å². The summed E-state index contributed by atoms with van der Waals surface area (Å²) in [6.07, 6.45) is 0. The molecule has 0 radical (unpaired) electrons. The van der Waals surface area contributed by atoms with Crippen LogP contribution in [0.4, 0.5) is 5.69 Å². The molecule has 0 fully saturated rings. The van der Waals surface area contributed by atoms with Gasteiger partial charge in [-0.25, -0.2) is 0 Å². The van der Waals surface area contributed by atoms with Gasteiger partial charge in [-0.05, 0) is 43.2 Å². The van der Waals surface area contributed by atoms with Crippen LogP contribution in [0.3, 0.4) is 0 Å². The van der Waals surface area contributed by atoms with Gasteiger partial charge >= 0.3 is 0 Å². The highest BCUT2D eigenvalue weighted by Gasteiger charge is 2.13. The van der Waals surface area contributed by atoms with Crippen molar-refractivity contribution in [3.8, 4) is 0 Å². The third-order valence-electron chi connectivity index (χ3n) is 3.18. The number of carbonyl (C=O) groups is 1. The molecule has 1 atom stereocenters. The van der Waals surface area contributed by atoms with E-state index in [1.165, 1.54) is 0 Å². The van der Waals surface area contributed by atoms with Gasteiger partial charge in [-0.15, -0.1) is 0 Å². The third-order valence-corrected chi connectivity index (χ3v) is 3.40. The number of halogens is 1.